The molecule has 1 N–H and O–H groups in total. The minimum absolute atomic E-state index is 0.665. The molecule has 1 aromatic carbocycles. The van der Waals surface area contributed by atoms with Gasteiger partial charge in [-0.25, -0.2) is 4.98 Å². The molecule has 1 aliphatic carbocycles. The van der Waals surface area contributed by atoms with Crippen molar-refractivity contribution < 1.29 is 4.74 Å². The summed E-state index contributed by atoms with van der Waals surface area (Å²) in [6.07, 6.45) is 7.46. The molecule has 1 aliphatic rings. The number of nitrogens with one attached hydrogen (secondary N) is 1. The van der Waals surface area contributed by atoms with E-state index in [9.17, 15) is 0 Å². The van der Waals surface area contributed by atoms with Gasteiger partial charge in [0, 0.05) is 12.2 Å². The van der Waals surface area contributed by atoms with Crippen LogP contribution in [0.4, 0.5) is 5.69 Å². The van der Waals surface area contributed by atoms with Crippen molar-refractivity contribution in [2.75, 3.05) is 11.9 Å². The number of aromatic nitrogens is 2. The monoisotopic (exact) mass is 285 g/mol. The van der Waals surface area contributed by atoms with Crippen molar-refractivity contribution >= 4 is 5.69 Å². The number of anilines is 1. The minimum atomic E-state index is 0.665. The average Bonchev–Trinajstić information content (AvgIpc) is 3.23. The molecule has 0 bridgehead atoms. The Morgan fingerprint density at radius 1 is 1.38 bits per heavy atom. The van der Waals surface area contributed by atoms with Gasteiger partial charge in [0.1, 0.15) is 5.75 Å². The molecule has 0 amide bonds. The number of benzene rings is 1. The zero-order valence-electron chi connectivity index (χ0n) is 12.8. The van der Waals surface area contributed by atoms with Crippen LogP contribution in [0, 0.1) is 6.92 Å². The van der Waals surface area contributed by atoms with E-state index in [0.717, 1.165) is 31.0 Å². The van der Waals surface area contributed by atoms with E-state index in [1.165, 1.54) is 24.1 Å². The van der Waals surface area contributed by atoms with Crippen molar-refractivity contribution in [3.8, 4) is 5.75 Å². The van der Waals surface area contributed by atoms with Crippen LogP contribution in [0.15, 0.2) is 30.7 Å². The summed E-state index contributed by atoms with van der Waals surface area (Å²) < 4.78 is 8.13. The number of imidazole rings is 1. The highest BCUT2D eigenvalue weighted by molar-refractivity contribution is 5.57. The van der Waals surface area contributed by atoms with Crippen molar-refractivity contribution in [3.05, 3.63) is 42.0 Å². The topological polar surface area (TPSA) is 39.1 Å². The molecule has 4 nitrogen and oxygen atoms in total. The van der Waals surface area contributed by atoms with Crippen molar-refractivity contribution in [2.45, 2.75) is 45.7 Å². The number of ether oxygens (including phenoxy) is 1. The van der Waals surface area contributed by atoms with E-state index in [1.807, 2.05) is 12.5 Å². The van der Waals surface area contributed by atoms with Gasteiger partial charge in [-0.05, 0) is 43.9 Å². The van der Waals surface area contributed by atoms with Crippen LogP contribution in [-0.4, -0.2) is 16.2 Å². The molecular weight excluding hydrogens is 262 g/mol. The summed E-state index contributed by atoms with van der Waals surface area (Å²) in [4.78, 5) is 4.27. The molecule has 3 rings (SSSR count). The zero-order chi connectivity index (χ0) is 14.7. The van der Waals surface area contributed by atoms with Crippen LogP contribution in [-0.2, 0) is 6.54 Å². The second-order valence-corrected chi connectivity index (χ2v) is 5.73. The van der Waals surface area contributed by atoms with Crippen molar-refractivity contribution in [1.29, 1.82) is 0 Å². The molecule has 0 unspecified atom stereocenters. The lowest BCUT2D eigenvalue weighted by molar-refractivity contribution is 0.318. The third-order valence-electron chi connectivity index (χ3n) is 3.75. The van der Waals surface area contributed by atoms with Gasteiger partial charge in [0.25, 0.3) is 0 Å². The third kappa shape index (κ3) is 3.38. The van der Waals surface area contributed by atoms with E-state index in [-0.39, 0.29) is 0 Å². The molecule has 4 heteroatoms. The summed E-state index contributed by atoms with van der Waals surface area (Å²) in [5.74, 6) is 0.939. The second-order valence-electron chi connectivity index (χ2n) is 5.73. The van der Waals surface area contributed by atoms with Crippen molar-refractivity contribution in [2.24, 2.45) is 0 Å². The fraction of sp³-hybridized carbons (Fsp3) is 0.471. The van der Waals surface area contributed by atoms with Crippen LogP contribution >= 0.6 is 0 Å². The zero-order valence-corrected chi connectivity index (χ0v) is 12.8. The highest BCUT2D eigenvalue weighted by Crippen LogP contribution is 2.36. The molecule has 0 radical (unpaired) electrons. The van der Waals surface area contributed by atoms with Gasteiger partial charge in [-0.15, -0.1) is 0 Å². The lowest BCUT2D eigenvalue weighted by Crippen LogP contribution is -2.07. The van der Waals surface area contributed by atoms with E-state index in [1.54, 1.807) is 0 Å². The van der Waals surface area contributed by atoms with Gasteiger partial charge in [-0.1, -0.05) is 13.0 Å². The van der Waals surface area contributed by atoms with Gasteiger partial charge < -0.3 is 14.6 Å². The summed E-state index contributed by atoms with van der Waals surface area (Å²) in [6.45, 7) is 5.74. The van der Waals surface area contributed by atoms with E-state index < -0.39 is 0 Å². The Morgan fingerprint density at radius 3 is 3.00 bits per heavy atom. The molecule has 2 aromatic rings. The van der Waals surface area contributed by atoms with Crippen LogP contribution < -0.4 is 10.1 Å². The number of rotatable bonds is 7. The van der Waals surface area contributed by atoms with Crippen molar-refractivity contribution in [3.63, 3.8) is 0 Å². The Morgan fingerprint density at radius 2 is 2.24 bits per heavy atom. The van der Waals surface area contributed by atoms with Crippen LogP contribution in [0.5, 0.6) is 5.75 Å². The summed E-state index contributed by atoms with van der Waals surface area (Å²) in [5.41, 5.74) is 3.51. The number of aryl methyl sites for hydroxylation is 1. The summed E-state index contributed by atoms with van der Waals surface area (Å²) in [5, 5.41) is 3.49. The predicted octanol–water partition coefficient (Wildman–Crippen LogP) is 3.93. The van der Waals surface area contributed by atoms with Gasteiger partial charge in [-0.2, -0.15) is 0 Å². The second kappa shape index (κ2) is 6.20. The first-order valence-corrected chi connectivity index (χ1v) is 7.76. The first-order valence-electron chi connectivity index (χ1n) is 7.76. The molecule has 0 atom stereocenters. The first kappa shape index (κ1) is 14.0. The van der Waals surface area contributed by atoms with Gasteiger partial charge in [0.15, 0.2) is 0 Å². The SMILES string of the molecule is CCCOc1cc(C)ccc1NCc1cncn1C1CC1. The molecule has 1 heterocycles. The smallest absolute Gasteiger partial charge is 0.142 e. The number of hydrogen-bond acceptors (Lipinski definition) is 3. The minimum Gasteiger partial charge on any atom is -0.491 e. The third-order valence-corrected chi connectivity index (χ3v) is 3.75. The summed E-state index contributed by atoms with van der Waals surface area (Å²) >= 11 is 0. The molecule has 1 fully saturated rings. The van der Waals surface area contributed by atoms with Crippen molar-refractivity contribution in [1.82, 2.24) is 9.55 Å². The summed E-state index contributed by atoms with van der Waals surface area (Å²) in [7, 11) is 0. The van der Waals surface area contributed by atoms with E-state index >= 15 is 0 Å². The fourth-order valence-corrected chi connectivity index (χ4v) is 2.44. The van der Waals surface area contributed by atoms with Gasteiger partial charge in [0.05, 0.1) is 30.9 Å². The molecule has 1 saturated carbocycles. The Balaban J connectivity index is 1.70. The quantitative estimate of drug-likeness (QED) is 0.838. The van der Waals surface area contributed by atoms with Crippen LogP contribution in [0.1, 0.15) is 43.5 Å². The predicted molar refractivity (Wildman–Crippen MR) is 84.8 cm³/mol. The maximum Gasteiger partial charge on any atom is 0.142 e. The van der Waals surface area contributed by atoms with Crippen LogP contribution in [0.25, 0.3) is 0 Å². The first-order chi connectivity index (χ1) is 10.3. The van der Waals surface area contributed by atoms with Gasteiger partial charge in [0.2, 0.25) is 0 Å². The molecular formula is C17H23N3O. The molecule has 112 valence electrons. The Labute approximate surface area is 126 Å². The normalized spacial score (nSPS) is 14.2. The van der Waals surface area contributed by atoms with E-state index in [2.05, 4.69) is 46.9 Å². The standard InChI is InChI=1S/C17H23N3O/c1-3-8-21-17-9-13(2)4-7-16(17)19-11-15-10-18-12-20(15)14-5-6-14/h4,7,9-10,12,14,19H,3,5-6,8,11H2,1-2H3. The molecule has 21 heavy (non-hydrogen) atoms. The lowest BCUT2D eigenvalue weighted by Gasteiger charge is -2.14. The highest BCUT2D eigenvalue weighted by Gasteiger charge is 2.25. The van der Waals surface area contributed by atoms with Crippen LogP contribution in [0.3, 0.4) is 0 Å². The number of hydrogen-bond donors (Lipinski definition) is 1. The van der Waals surface area contributed by atoms with E-state index in [4.69, 9.17) is 4.74 Å². The Bertz CT molecular complexity index is 602. The fourth-order valence-electron chi connectivity index (χ4n) is 2.44. The largest absolute Gasteiger partial charge is 0.491 e. The van der Waals surface area contributed by atoms with E-state index in [0.29, 0.717) is 6.04 Å². The van der Waals surface area contributed by atoms with Gasteiger partial charge >= 0.3 is 0 Å². The molecule has 0 saturated heterocycles. The summed E-state index contributed by atoms with van der Waals surface area (Å²) in [6, 6.07) is 6.96. The highest BCUT2D eigenvalue weighted by atomic mass is 16.5. The molecule has 1 aromatic heterocycles. The Kier molecular flexibility index (Phi) is 4.13. The molecule has 0 spiro atoms. The van der Waals surface area contributed by atoms with Gasteiger partial charge in [-0.3, -0.25) is 0 Å². The average molecular weight is 285 g/mol. The maximum absolute atomic E-state index is 5.84. The number of nitrogens with zero attached hydrogens (tertiary/aromatic N) is 2. The van der Waals surface area contributed by atoms with Crippen LogP contribution in [0.2, 0.25) is 0 Å². The Hall–Kier alpha value is -1.97. The molecule has 0 aliphatic heterocycles. The maximum atomic E-state index is 5.84. The lowest BCUT2D eigenvalue weighted by atomic mass is 10.2.